The summed E-state index contributed by atoms with van der Waals surface area (Å²) in [6.45, 7) is 3.32. The largest absolute Gasteiger partial charge is 0.376 e. The number of carbonyl (C=O) groups is 1. The van der Waals surface area contributed by atoms with E-state index in [0.717, 1.165) is 42.1 Å². The van der Waals surface area contributed by atoms with Gasteiger partial charge in [0.1, 0.15) is 11.6 Å². The highest BCUT2D eigenvalue weighted by Crippen LogP contribution is 2.28. The molecule has 1 atom stereocenters. The number of aromatic nitrogens is 2. The molecule has 1 aromatic heterocycles. The molecule has 1 aliphatic rings. The summed E-state index contributed by atoms with van der Waals surface area (Å²) in [6.07, 6.45) is 7.79. The summed E-state index contributed by atoms with van der Waals surface area (Å²) in [5.41, 5.74) is 3.32. The van der Waals surface area contributed by atoms with Crippen molar-refractivity contribution >= 4 is 23.7 Å². The topological polar surface area (TPSA) is 79.9 Å². The zero-order valence-corrected chi connectivity index (χ0v) is 20.8. The first-order valence-electron chi connectivity index (χ1n) is 12.1. The van der Waals surface area contributed by atoms with E-state index in [4.69, 9.17) is 9.84 Å². The minimum Gasteiger partial charge on any atom is -0.376 e. The molecule has 4 rings (SSSR count). The lowest BCUT2D eigenvalue weighted by atomic mass is 10.1. The van der Waals surface area contributed by atoms with E-state index in [1.54, 1.807) is 10.8 Å². The van der Waals surface area contributed by atoms with Crippen LogP contribution in [0.1, 0.15) is 38.2 Å². The number of rotatable bonds is 10. The maximum atomic E-state index is 12.7. The highest BCUT2D eigenvalue weighted by atomic mass is 32.2. The minimum absolute atomic E-state index is 0.0176. The molecular weight excluding hydrogens is 456 g/mol. The lowest BCUT2D eigenvalue weighted by Crippen LogP contribution is -2.32. The molecule has 1 saturated heterocycles. The number of nitrogens with one attached hydrogen (secondary N) is 1. The molecule has 180 valence electrons. The number of amides is 1. The summed E-state index contributed by atoms with van der Waals surface area (Å²) < 4.78 is 7.35. The normalized spacial score (nSPS) is 15.7. The van der Waals surface area contributed by atoms with Crippen molar-refractivity contribution in [3.05, 3.63) is 71.9 Å². The quantitative estimate of drug-likeness (QED) is 0.174. The molecular formula is C28H30N4O2S. The van der Waals surface area contributed by atoms with Gasteiger partial charge in [0, 0.05) is 35.4 Å². The number of hydrogen-bond donors (Lipinski definition) is 1. The van der Waals surface area contributed by atoms with Crippen LogP contribution in [0, 0.1) is 11.3 Å². The summed E-state index contributed by atoms with van der Waals surface area (Å²) in [5, 5.41) is 17.4. The highest BCUT2D eigenvalue weighted by Gasteiger charge is 2.19. The zero-order chi connectivity index (χ0) is 24.5. The molecule has 6 nitrogen and oxygen atoms in total. The van der Waals surface area contributed by atoms with E-state index in [9.17, 15) is 10.1 Å². The fourth-order valence-electron chi connectivity index (χ4n) is 3.88. The molecule has 0 aliphatic carbocycles. The number of para-hydroxylation sites is 1. The van der Waals surface area contributed by atoms with Gasteiger partial charge in [-0.05, 0) is 55.4 Å². The van der Waals surface area contributed by atoms with Gasteiger partial charge in [0.25, 0.3) is 5.91 Å². The van der Waals surface area contributed by atoms with Crippen LogP contribution in [-0.2, 0) is 9.53 Å². The van der Waals surface area contributed by atoms with Gasteiger partial charge in [-0.2, -0.15) is 10.4 Å². The average Bonchev–Trinajstić information content (AvgIpc) is 3.57. The molecule has 0 spiro atoms. The third kappa shape index (κ3) is 6.62. The molecule has 0 bridgehead atoms. The van der Waals surface area contributed by atoms with Crippen LogP contribution < -0.4 is 5.32 Å². The van der Waals surface area contributed by atoms with Crippen LogP contribution in [-0.4, -0.2) is 40.7 Å². The third-order valence-corrected chi connectivity index (χ3v) is 6.94. The molecule has 2 heterocycles. The SMILES string of the molecule is CCCCSc1ccc(-c2nn(-c3ccccc3)cc2/C=C(\C#N)C(=O)NC[C@H]2CCCO2)cc1. The second-order valence-electron chi connectivity index (χ2n) is 8.45. The van der Waals surface area contributed by atoms with Crippen LogP contribution in [0.5, 0.6) is 0 Å². The van der Waals surface area contributed by atoms with Crippen LogP contribution in [0.25, 0.3) is 23.0 Å². The van der Waals surface area contributed by atoms with Crippen LogP contribution in [0.15, 0.2) is 71.3 Å². The number of nitriles is 1. The van der Waals surface area contributed by atoms with E-state index in [1.807, 2.05) is 60.4 Å². The summed E-state index contributed by atoms with van der Waals surface area (Å²) in [6, 6.07) is 20.2. The number of thioether (sulfide) groups is 1. The predicted octanol–water partition coefficient (Wildman–Crippen LogP) is 5.63. The van der Waals surface area contributed by atoms with Crippen molar-refractivity contribution in [2.75, 3.05) is 18.9 Å². The molecule has 0 radical (unpaired) electrons. The summed E-state index contributed by atoms with van der Waals surface area (Å²) >= 11 is 1.85. The first-order chi connectivity index (χ1) is 17.2. The summed E-state index contributed by atoms with van der Waals surface area (Å²) in [5.74, 6) is 0.697. The predicted molar refractivity (Wildman–Crippen MR) is 140 cm³/mol. The van der Waals surface area contributed by atoms with Crippen LogP contribution in [0.4, 0.5) is 0 Å². The Labute approximate surface area is 211 Å². The fourth-order valence-corrected chi connectivity index (χ4v) is 4.88. The monoisotopic (exact) mass is 486 g/mol. The Morgan fingerprint density at radius 3 is 2.74 bits per heavy atom. The molecule has 1 amide bonds. The third-order valence-electron chi connectivity index (χ3n) is 5.84. The molecule has 1 fully saturated rings. The van der Waals surface area contributed by atoms with Crippen molar-refractivity contribution in [2.45, 2.75) is 43.6 Å². The first-order valence-corrected chi connectivity index (χ1v) is 13.1. The van der Waals surface area contributed by atoms with Gasteiger partial charge in [-0.25, -0.2) is 4.68 Å². The summed E-state index contributed by atoms with van der Waals surface area (Å²) in [7, 11) is 0. The molecule has 2 aromatic carbocycles. The standard InChI is InChI=1S/C28H30N4O2S/c1-2-3-16-35-26-13-11-21(12-14-26)27-23(20-32(31-27)24-8-5-4-6-9-24)17-22(18-29)28(33)30-19-25-10-7-15-34-25/h4-6,8-9,11-14,17,20,25H,2-3,7,10,15-16,19H2,1H3,(H,30,33)/b22-17+/t25-/m1/s1. The second-order valence-corrected chi connectivity index (χ2v) is 9.62. The Morgan fingerprint density at radius 1 is 1.26 bits per heavy atom. The molecule has 1 N–H and O–H groups in total. The second kappa shape index (κ2) is 12.4. The van der Waals surface area contributed by atoms with Crippen molar-refractivity contribution in [3.63, 3.8) is 0 Å². The van der Waals surface area contributed by atoms with E-state index in [0.29, 0.717) is 12.1 Å². The van der Waals surface area contributed by atoms with Gasteiger partial charge in [-0.1, -0.05) is 43.7 Å². The molecule has 1 aliphatic heterocycles. The van der Waals surface area contributed by atoms with Crippen LogP contribution in [0.3, 0.4) is 0 Å². The number of nitrogens with zero attached hydrogens (tertiary/aromatic N) is 3. The Bertz CT molecular complexity index is 1190. The van der Waals surface area contributed by atoms with Gasteiger partial charge >= 0.3 is 0 Å². The van der Waals surface area contributed by atoms with Crippen LogP contribution >= 0.6 is 11.8 Å². The van der Waals surface area contributed by atoms with Gasteiger partial charge in [0.05, 0.1) is 17.5 Å². The molecule has 3 aromatic rings. The van der Waals surface area contributed by atoms with E-state index in [2.05, 4.69) is 30.4 Å². The number of hydrogen-bond acceptors (Lipinski definition) is 5. The lowest BCUT2D eigenvalue weighted by Gasteiger charge is -2.10. The zero-order valence-electron chi connectivity index (χ0n) is 19.9. The van der Waals surface area contributed by atoms with Gasteiger partial charge in [0.2, 0.25) is 0 Å². The highest BCUT2D eigenvalue weighted by molar-refractivity contribution is 7.99. The van der Waals surface area contributed by atoms with Crippen molar-refractivity contribution < 1.29 is 9.53 Å². The van der Waals surface area contributed by atoms with Crippen molar-refractivity contribution in [1.29, 1.82) is 5.26 Å². The molecule has 7 heteroatoms. The van der Waals surface area contributed by atoms with Gasteiger partial charge in [0.15, 0.2) is 0 Å². The minimum atomic E-state index is -0.399. The van der Waals surface area contributed by atoms with E-state index < -0.39 is 5.91 Å². The van der Waals surface area contributed by atoms with E-state index >= 15 is 0 Å². The average molecular weight is 487 g/mol. The van der Waals surface area contributed by atoms with E-state index in [-0.39, 0.29) is 11.7 Å². The van der Waals surface area contributed by atoms with E-state index in [1.165, 1.54) is 17.7 Å². The Kier molecular flexibility index (Phi) is 8.77. The molecule has 0 unspecified atom stereocenters. The fraction of sp³-hybridized carbons (Fsp3) is 0.321. The Hall–Kier alpha value is -3.34. The lowest BCUT2D eigenvalue weighted by molar-refractivity contribution is -0.117. The summed E-state index contributed by atoms with van der Waals surface area (Å²) in [4.78, 5) is 14.0. The first kappa shape index (κ1) is 24.8. The molecule has 35 heavy (non-hydrogen) atoms. The maximum Gasteiger partial charge on any atom is 0.262 e. The number of carbonyl (C=O) groups excluding carboxylic acids is 1. The smallest absolute Gasteiger partial charge is 0.262 e. The van der Waals surface area contributed by atoms with Gasteiger partial charge in [-0.3, -0.25) is 4.79 Å². The van der Waals surface area contributed by atoms with Crippen LogP contribution in [0.2, 0.25) is 0 Å². The van der Waals surface area contributed by atoms with Crippen molar-refractivity contribution in [3.8, 4) is 23.0 Å². The number of ether oxygens (including phenoxy) is 1. The maximum absolute atomic E-state index is 12.7. The van der Waals surface area contributed by atoms with Gasteiger partial charge in [-0.15, -0.1) is 11.8 Å². The molecule has 0 saturated carbocycles. The van der Waals surface area contributed by atoms with Gasteiger partial charge < -0.3 is 10.1 Å². The Morgan fingerprint density at radius 2 is 2.06 bits per heavy atom. The number of benzene rings is 2. The van der Waals surface area contributed by atoms with Crippen molar-refractivity contribution in [1.82, 2.24) is 15.1 Å². The number of unbranched alkanes of at least 4 members (excludes halogenated alkanes) is 1. The van der Waals surface area contributed by atoms with Crippen molar-refractivity contribution in [2.24, 2.45) is 0 Å². The Balaban J connectivity index is 1.62.